The van der Waals surface area contributed by atoms with Gasteiger partial charge in [-0.15, -0.1) is 0 Å². The predicted octanol–water partition coefficient (Wildman–Crippen LogP) is 1.47. The Morgan fingerprint density at radius 3 is 2.94 bits per heavy atom. The van der Waals surface area contributed by atoms with Crippen LogP contribution in [0.4, 0.5) is 11.6 Å². The van der Waals surface area contributed by atoms with Gasteiger partial charge in [0.05, 0.1) is 11.0 Å². The predicted molar refractivity (Wildman–Crippen MR) is 75.0 cm³/mol. The molecular weight excluding hydrogens is 248 g/mol. The molecule has 0 atom stereocenters. The van der Waals surface area contributed by atoms with Crippen LogP contribution in [-0.4, -0.2) is 31.7 Å². The molecule has 1 aliphatic rings. The fourth-order valence-electron chi connectivity index (χ4n) is 2.23. The summed E-state index contributed by atoms with van der Waals surface area (Å²) in [6.07, 6.45) is 1.87. The summed E-state index contributed by atoms with van der Waals surface area (Å²) in [5.74, 6) is 2.34. The molecule has 1 aromatic carbocycles. The lowest BCUT2D eigenvalue weighted by atomic mass is 10.2. The second-order valence-corrected chi connectivity index (χ2v) is 6.32. The number of anilines is 2. The third-order valence-electron chi connectivity index (χ3n) is 3.23. The van der Waals surface area contributed by atoms with E-state index >= 15 is 0 Å². The van der Waals surface area contributed by atoms with Crippen LogP contribution in [0.2, 0.25) is 0 Å². The van der Waals surface area contributed by atoms with Crippen molar-refractivity contribution in [2.75, 3.05) is 22.6 Å². The number of hydrogen-bond donors (Lipinski definition) is 3. The van der Waals surface area contributed by atoms with E-state index in [-0.39, 0.29) is 0 Å². The number of hydrogen-bond acceptors (Lipinski definition) is 4. The summed E-state index contributed by atoms with van der Waals surface area (Å²) in [6.45, 7) is 0. The maximum absolute atomic E-state index is 11.3. The summed E-state index contributed by atoms with van der Waals surface area (Å²) in [5.41, 5.74) is 8.31. The Morgan fingerprint density at radius 1 is 1.39 bits per heavy atom. The highest BCUT2D eigenvalue weighted by atomic mass is 32.2. The Labute approximate surface area is 108 Å². The van der Waals surface area contributed by atoms with Crippen LogP contribution >= 0.6 is 0 Å². The Kier molecular flexibility index (Phi) is 2.95. The Balaban J connectivity index is 1.76. The molecule has 0 radical (unpaired) electrons. The van der Waals surface area contributed by atoms with Crippen molar-refractivity contribution in [2.24, 2.45) is 0 Å². The molecule has 0 bridgehead atoms. The van der Waals surface area contributed by atoms with Crippen LogP contribution in [0.3, 0.4) is 0 Å². The third-order valence-corrected chi connectivity index (χ3v) is 4.62. The monoisotopic (exact) mass is 264 g/mol. The van der Waals surface area contributed by atoms with E-state index in [1.54, 1.807) is 0 Å². The molecule has 0 unspecified atom stereocenters. The molecule has 0 aliphatic carbocycles. The van der Waals surface area contributed by atoms with Gasteiger partial charge in [0.15, 0.2) is 0 Å². The summed E-state index contributed by atoms with van der Waals surface area (Å²) >= 11 is 0. The van der Waals surface area contributed by atoms with Gasteiger partial charge in [-0.25, -0.2) is 4.98 Å². The standard InChI is InChI=1S/C12H16N4OS/c13-8-1-2-10-11(7-8)16-12(15-10)14-9-3-5-18(17)6-4-9/h1-2,7,9H,3-6,13H2,(H2,14,15,16). The molecule has 5 nitrogen and oxygen atoms in total. The van der Waals surface area contributed by atoms with Crippen molar-refractivity contribution in [3.8, 4) is 0 Å². The fraction of sp³-hybridized carbons (Fsp3) is 0.417. The molecule has 4 N–H and O–H groups in total. The lowest BCUT2D eigenvalue weighted by molar-refractivity contribution is 0.621. The van der Waals surface area contributed by atoms with Gasteiger partial charge in [0.2, 0.25) is 5.95 Å². The van der Waals surface area contributed by atoms with Gasteiger partial charge in [-0.3, -0.25) is 4.21 Å². The van der Waals surface area contributed by atoms with E-state index < -0.39 is 10.8 Å². The van der Waals surface area contributed by atoms with Crippen molar-refractivity contribution >= 4 is 33.5 Å². The summed E-state index contributed by atoms with van der Waals surface area (Å²) in [5, 5.41) is 3.37. The Hall–Kier alpha value is -1.56. The largest absolute Gasteiger partial charge is 0.399 e. The van der Waals surface area contributed by atoms with Crippen molar-refractivity contribution in [2.45, 2.75) is 18.9 Å². The van der Waals surface area contributed by atoms with E-state index in [4.69, 9.17) is 5.73 Å². The van der Waals surface area contributed by atoms with E-state index in [2.05, 4.69) is 15.3 Å². The van der Waals surface area contributed by atoms with Crippen molar-refractivity contribution in [1.82, 2.24) is 9.97 Å². The zero-order chi connectivity index (χ0) is 12.5. The van der Waals surface area contributed by atoms with Gasteiger partial charge >= 0.3 is 0 Å². The number of aromatic nitrogens is 2. The summed E-state index contributed by atoms with van der Waals surface area (Å²) in [7, 11) is -0.624. The second-order valence-electron chi connectivity index (χ2n) is 4.63. The first-order valence-electron chi connectivity index (χ1n) is 6.07. The first kappa shape index (κ1) is 11.5. The number of imidazole rings is 1. The Morgan fingerprint density at radius 2 is 2.17 bits per heavy atom. The highest BCUT2D eigenvalue weighted by Gasteiger charge is 2.18. The highest BCUT2D eigenvalue weighted by molar-refractivity contribution is 7.85. The molecule has 2 heterocycles. The number of nitrogens with one attached hydrogen (secondary N) is 2. The van der Waals surface area contributed by atoms with Gasteiger partial charge in [0, 0.05) is 34.0 Å². The molecule has 1 fully saturated rings. The maximum Gasteiger partial charge on any atom is 0.201 e. The van der Waals surface area contributed by atoms with Gasteiger partial charge in [-0.05, 0) is 31.0 Å². The number of fused-ring (bicyclic) bond motifs is 1. The molecule has 1 aliphatic heterocycles. The molecule has 1 saturated heterocycles. The first-order valence-corrected chi connectivity index (χ1v) is 7.56. The quantitative estimate of drug-likeness (QED) is 0.717. The molecule has 0 amide bonds. The molecule has 96 valence electrons. The minimum Gasteiger partial charge on any atom is -0.399 e. The van der Waals surface area contributed by atoms with E-state index in [0.717, 1.165) is 47.0 Å². The van der Waals surface area contributed by atoms with Crippen molar-refractivity contribution in [1.29, 1.82) is 0 Å². The normalized spacial score (nSPS) is 24.2. The summed E-state index contributed by atoms with van der Waals surface area (Å²) in [6, 6.07) is 5.99. The molecule has 0 saturated carbocycles. The molecule has 6 heteroatoms. The van der Waals surface area contributed by atoms with Gasteiger partial charge in [0.1, 0.15) is 0 Å². The number of H-pyrrole nitrogens is 1. The van der Waals surface area contributed by atoms with Crippen molar-refractivity contribution in [3.05, 3.63) is 18.2 Å². The van der Waals surface area contributed by atoms with Crippen LogP contribution < -0.4 is 11.1 Å². The minimum atomic E-state index is -0.624. The zero-order valence-corrected chi connectivity index (χ0v) is 10.8. The average Bonchev–Trinajstić information content (AvgIpc) is 2.73. The van der Waals surface area contributed by atoms with Crippen molar-refractivity contribution in [3.63, 3.8) is 0 Å². The van der Waals surface area contributed by atoms with Gasteiger partial charge in [-0.2, -0.15) is 0 Å². The number of benzene rings is 1. The lowest BCUT2D eigenvalue weighted by Crippen LogP contribution is -2.29. The zero-order valence-electron chi connectivity index (χ0n) is 9.98. The van der Waals surface area contributed by atoms with Crippen LogP contribution in [0.25, 0.3) is 11.0 Å². The molecular formula is C12H16N4OS. The molecule has 2 aromatic rings. The number of nitrogens with two attached hydrogens (primary N) is 1. The number of aromatic amines is 1. The summed E-state index contributed by atoms with van der Waals surface area (Å²) < 4.78 is 11.3. The minimum absolute atomic E-state index is 0.362. The van der Waals surface area contributed by atoms with Crippen LogP contribution in [-0.2, 0) is 10.8 Å². The van der Waals surface area contributed by atoms with E-state index in [1.165, 1.54) is 0 Å². The Bertz CT molecular complexity index is 585. The van der Waals surface area contributed by atoms with E-state index in [9.17, 15) is 4.21 Å². The van der Waals surface area contributed by atoms with Crippen LogP contribution in [0.15, 0.2) is 18.2 Å². The fourth-order valence-corrected chi connectivity index (χ4v) is 3.53. The molecule has 0 spiro atoms. The molecule has 1 aromatic heterocycles. The van der Waals surface area contributed by atoms with E-state index in [1.807, 2.05) is 18.2 Å². The highest BCUT2D eigenvalue weighted by Crippen LogP contribution is 2.19. The van der Waals surface area contributed by atoms with Crippen molar-refractivity contribution < 1.29 is 4.21 Å². The van der Waals surface area contributed by atoms with Crippen LogP contribution in [0, 0.1) is 0 Å². The topological polar surface area (TPSA) is 83.8 Å². The molecule has 18 heavy (non-hydrogen) atoms. The van der Waals surface area contributed by atoms with E-state index in [0.29, 0.717) is 6.04 Å². The third kappa shape index (κ3) is 2.33. The summed E-state index contributed by atoms with van der Waals surface area (Å²) in [4.78, 5) is 7.69. The van der Waals surface area contributed by atoms with Gasteiger partial charge in [-0.1, -0.05) is 0 Å². The SMILES string of the molecule is Nc1ccc2nc(NC3CCS(=O)CC3)[nH]c2c1. The smallest absolute Gasteiger partial charge is 0.201 e. The maximum atomic E-state index is 11.3. The number of nitrogen functional groups attached to an aromatic ring is 1. The van der Waals surface area contributed by atoms with Gasteiger partial charge in [0.25, 0.3) is 0 Å². The van der Waals surface area contributed by atoms with Crippen LogP contribution in [0.5, 0.6) is 0 Å². The average molecular weight is 264 g/mol. The molecule has 3 rings (SSSR count). The number of rotatable bonds is 2. The number of nitrogens with zero attached hydrogens (tertiary/aromatic N) is 1. The first-order chi connectivity index (χ1) is 8.70. The lowest BCUT2D eigenvalue weighted by Gasteiger charge is -2.21. The van der Waals surface area contributed by atoms with Gasteiger partial charge < -0.3 is 16.0 Å². The van der Waals surface area contributed by atoms with Crippen LogP contribution in [0.1, 0.15) is 12.8 Å². The second kappa shape index (κ2) is 4.61.